The summed E-state index contributed by atoms with van der Waals surface area (Å²) in [7, 11) is 1.70. The Kier molecular flexibility index (Phi) is 4.13. The number of nitrogens with zero attached hydrogens (tertiary/aromatic N) is 3. The number of amides is 1. The van der Waals surface area contributed by atoms with Crippen molar-refractivity contribution in [3.8, 4) is 0 Å². The summed E-state index contributed by atoms with van der Waals surface area (Å²) in [6.07, 6.45) is 6.03. The molecule has 3 atom stereocenters. The maximum Gasteiger partial charge on any atom is 0.289 e. The molecule has 1 saturated heterocycles. The number of ether oxygens (including phenoxy) is 1. The van der Waals surface area contributed by atoms with Crippen molar-refractivity contribution in [2.45, 2.75) is 50.0 Å². The van der Waals surface area contributed by atoms with Gasteiger partial charge in [0.05, 0.1) is 24.3 Å². The van der Waals surface area contributed by atoms with Crippen molar-refractivity contribution in [1.82, 2.24) is 14.7 Å². The number of carbonyl (C=O) groups excluding carboxylic acids is 1. The Bertz CT molecular complexity index is 741. The Morgan fingerprint density at radius 2 is 2.36 bits per heavy atom. The molecule has 2 aromatic rings. The summed E-state index contributed by atoms with van der Waals surface area (Å²) >= 11 is 0. The van der Waals surface area contributed by atoms with Crippen LogP contribution in [0.3, 0.4) is 0 Å². The van der Waals surface area contributed by atoms with E-state index in [1.54, 1.807) is 24.1 Å². The number of aromatic nitrogens is 2. The molecule has 4 rings (SSSR count). The van der Waals surface area contributed by atoms with Crippen LogP contribution in [0.2, 0.25) is 0 Å². The molecule has 1 aliphatic heterocycles. The Balaban J connectivity index is 1.52. The molecule has 0 unspecified atom stereocenters. The Morgan fingerprint density at radius 1 is 1.48 bits per heavy atom. The molecule has 1 saturated carbocycles. The number of aliphatic hydroxyl groups is 1. The van der Waals surface area contributed by atoms with Gasteiger partial charge < -0.3 is 19.2 Å². The summed E-state index contributed by atoms with van der Waals surface area (Å²) in [5, 5.41) is 14.2. The lowest BCUT2D eigenvalue weighted by atomic mass is 9.79. The van der Waals surface area contributed by atoms with Crippen LogP contribution in [0.4, 0.5) is 0 Å². The van der Waals surface area contributed by atoms with Gasteiger partial charge in [-0.15, -0.1) is 0 Å². The fraction of sp³-hybridized carbons (Fsp3) is 0.556. The van der Waals surface area contributed by atoms with E-state index in [1.165, 1.54) is 0 Å². The van der Waals surface area contributed by atoms with Crippen LogP contribution in [-0.2, 0) is 11.3 Å². The second-order valence-corrected chi connectivity index (χ2v) is 6.93. The molecule has 2 aliphatic rings. The third-order valence-electron chi connectivity index (χ3n) is 5.57. The number of methoxy groups -OCH3 is 1. The molecule has 2 fully saturated rings. The van der Waals surface area contributed by atoms with Gasteiger partial charge in [-0.25, -0.2) is 0 Å². The molecule has 2 aromatic heterocycles. The van der Waals surface area contributed by atoms with Crippen LogP contribution in [0, 0.1) is 0 Å². The number of carbonyl (C=O) groups is 1. The molecular weight excluding hydrogens is 322 g/mol. The first-order valence-electron chi connectivity index (χ1n) is 8.72. The highest BCUT2D eigenvalue weighted by atomic mass is 16.5. The number of rotatable bonds is 4. The van der Waals surface area contributed by atoms with Crippen LogP contribution in [0.15, 0.2) is 35.0 Å². The third-order valence-corrected chi connectivity index (χ3v) is 5.57. The normalized spacial score (nSPS) is 29.0. The number of furan rings is 1. The fourth-order valence-corrected chi connectivity index (χ4v) is 4.19. The van der Waals surface area contributed by atoms with Crippen molar-refractivity contribution in [3.63, 3.8) is 0 Å². The zero-order chi connectivity index (χ0) is 17.4. The highest BCUT2D eigenvalue weighted by Gasteiger charge is 2.52. The zero-order valence-corrected chi connectivity index (χ0v) is 14.3. The van der Waals surface area contributed by atoms with Gasteiger partial charge in [-0.2, -0.15) is 5.10 Å². The van der Waals surface area contributed by atoms with Gasteiger partial charge in [-0.3, -0.25) is 9.48 Å². The van der Waals surface area contributed by atoms with Crippen LogP contribution >= 0.6 is 0 Å². The van der Waals surface area contributed by atoms with E-state index < -0.39 is 0 Å². The van der Waals surface area contributed by atoms with Gasteiger partial charge in [0.2, 0.25) is 0 Å². The second-order valence-electron chi connectivity index (χ2n) is 6.93. The monoisotopic (exact) mass is 345 g/mol. The minimum Gasteiger partial charge on any atom is -0.454 e. The molecule has 25 heavy (non-hydrogen) atoms. The molecule has 0 radical (unpaired) electrons. The SMILES string of the molecule is CO[C@@]12CC[C@H](O)C[C@@H]1N(C(=O)c1ccc(Cn3cccn3)o1)CC2. The van der Waals surface area contributed by atoms with Gasteiger partial charge >= 0.3 is 0 Å². The van der Waals surface area contributed by atoms with Crippen LogP contribution in [0.1, 0.15) is 42.0 Å². The molecule has 134 valence electrons. The Labute approximate surface area is 146 Å². The molecule has 7 nitrogen and oxygen atoms in total. The first-order chi connectivity index (χ1) is 12.1. The van der Waals surface area contributed by atoms with Crippen LogP contribution in [-0.4, -0.2) is 57.1 Å². The lowest BCUT2D eigenvalue weighted by Gasteiger charge is -2.42. The maximum absolute atomic E-state index is 13.0. The predicted octanol–water partition coefficient (Wildman–Crippen LogP) is 1.67. The smallest absolute Gasteiger partial charge is 0.289 e. The lowest BCUT2D eigenvalue weighted by Crippen LogP contribution is -2.52. The summed E-state index contributed by atoms with van der Waals surface area (Å²) in [4.78, 5) is 14.8. The molecule has 1 aliphatic carbocycles. The Morgan fingerprint density at radius 3 is 3.12 bits per heavy atom. The minimum absolute atomic E-state index is 0.103. The van der Waals surface area contributed by atoms with Crippen molar-refractivity contribution >= 4 is 5.91 Å². The van der Waals surface area contributed by atoms with E-state index in [4.69, 9.17) is 9.15 Å². The topological polar surface area (TPSA) is 80.7 Å². The molecule has 7 heteroatoms. The van der Waals surface area contributed by atoms with Crippen LogP contribution in [0.25, 0.3) is 0 Å². The average Bonchev–Trinajstić information content (AvgIpc) is 3.34. The number of aliphatic hydroxyl groups excluding tert-OH is 1. The molecule has 0 spiro atoms. The first-order valence-corrected chi connectivity index (χ1v) is 8.72. The van der Waals surface area contributed by atoms with E-state index in [-0.39, 0.29) is 23.7 Å². The Hall–Kier alpha value is -2.12. The largest absolute Gasteiger partial charge is 0.454 e. The van der Waals surface area contributed by atoms with Gasteiger partial charge in [0, 0.05) is 26.0 Å². The molecule has 1 N–H and O–H groups in total. The zero-order valence-electron chi connectivity index (χ0n) is 14.3. The number of hydrogen-bond acceptors (Lipinski definition) is 5. The average molecular weight is 345 g/mol. The highest BCUT2D eigenvalue weighted by molar-refractivity contribution is 5.92. The maximum atomic E-state index is 13.0. The summed E-state index contributed by atoms with van der Waals surface area (Å²) < 4.78 is 13.3. The van der Waals surface area contributed by atoms with E-state index in [2.05, 4.69) is 5.10 Å². The van der Waals surface area contributed by atoms with Gasteiger partial charge in [0.1, 0.15) is 5.76 Å². The van der Waals surface area contributed by atoms with Gasteiger partial charge in [0.25, 0.3) is 5.91 Å². The second kappa shape index (κ2) is 6.31. The molecule has 0 bridgehead atoms. The van der Waals surface area contributed by atoms with E-state index in [0.29, 0.717) is 31.0 Å². The molecule has 0 aromatic carbocycles. The van der Waals surface area contributed by atoms with Crippen LogP contribution < -0.4 is 0 Å². The first kappa shape index (κ1) is 16.4. The summed E-state index contributed by atoms with van der Waals surface area (Å²) in [6.45, 7) is 1.11. The van der Waals surface area contributed by atoms with Crippen molar-refractivity contribution in [3.05, 3.63) is 42.1 Å². The van der Waals surface area contributed by atoms with Crippen molar-refractivity contribution in [2.75, 3.05) is 13.7 Å². The fourth-order valence-electron chi connectivity index (χ4n) is 4.19. The summed E-state index contributed by atoms with van der Waals surface area (Å²) in [5.74, 6) is 0.881. The van der Waals surface area contributed by atoms with E-state index in [1.807, 2.05) is 23.2 Å². The number of fused-ring (bicyclic) bond motifs is 1. The molecule has 1 amide bonds. The summed E-state index contributed by atoms with van der Waals surface area (Å²) in [6, 6.07) is 5.27. The van der Waals surface area contributed by atoms with Gasteiger partial charge in [0.15, 0.2) is 5.76 Å². The van der Waals surface area contributed by atoms with Gasteiger partial charge in [-0.1, -0.05) is 0 Å². The third kappa shape index (κ3) is 2.87. The minimum atomic E-state index is -0.381. The number of hydrogen-bond donors (Lipinski definition) is 1. The van der Waals surface area contributed by atoms with Crippen molar-refractivity contribution in [2.24, 2.45) is 0 Å². The van der Waals surface area contributed by atoms with Crippen molar-refractivity contribution < 1.29 is 19.1 Å². The number of likely N-dealkylation sites (tertiary alicyclic amines) is 1. The molecule has 3 heterocycles. The van der Waals surface area contributed by atoms with Crippen molar-refractivity contribution in [1.29, 1.82) is 0 Å². The predicted molar refractivity (Wildman–Crippen MR) is 89.1 cm³/mol. The molecular formula is C18H23N3O4. The lowest BCUT2D eigenvalue weighted by molar-refractivity contribution is -0.0826. The van der Waals surface area contributed by atoms with E-state index >= 15 is 0 Å². The van der Waals surface area contributed by atoms with E-state index in [9.17, 15) is 9.90 Å². The highest BCUT2D eigenvalue weighted by Crippen LogP contribution is 2.43. The van der Waals surface area contributed by atoms with E-state index in [0.717, 1.165) is 19.3 Å². The standard InChI is InChI=1S/C18H23N3O4/c1-24-18-6-5-13(22)11-16(18)21(10-7-18)17(23)15-4-3-14(25-15)12-20-9-2-8-19-20/h2-4,8-9,13,16,22H,5-7,10-12H2,1H3/t13-,16-,18+/m0/s1. The quantitative estimate of drug-likeness (QED) is 0.912. The summed E-state index contributed by atoms with van der Waals surface area (Å²) in [5.41, 5.74) is -0.334. The van der Waals surface area contributed by atoms with Gasteiger partial charge in [-0.05, 0) is 43.9 Å². The van der Waals surface area contributed by atoms with Crippen LogP contribution in [0.5, 0.6) is 0 Å².